The molecular formula is C8H16N2O2. The van der Waals surface area contributed by atoms with E-state index in [2.05, 4.69) is 10.2 Å². The molecule has 70 valence electrons. The smallest absolute Gasteiger partial charge is 0.106 e. The molecule has 4 heteroatoms. The highest BCUT2D eigenvalue weighted by Gasteiger charge is 2.32. The molecule has 0 amide bonds. The fraction of sp³-hybridized carbons (Fsp3) is 1.00. The standard InChI is InChI=1S/C8H16N2O2/c11-7-3-6-4-9-8(12)1-2-10(6)5-7/h6-9,11-12H,1-5H2. The van der Waals surface area contributed by atoms with E-state index in [9.17, 15) is 10.2 Å². The van der Waals surface area contributed by atoms with E-state index < -0.39 is 0 Å². The molecule has 2 heterocycles. The summed E-state index contributed by atoms with van der Waals surface area (Å²) in [5.74, 6) is 0. The number of fused-ring (bicyclic) bond motifs is 1. The predicted molar refractivity (Wildman–Crippen MR) is 44.6 cm³/mol. The monoisotopic (exact) mass is 172 g/mol. The van der Waals surface area contributed by atoms with Crippen molar-refractivity contribution >= 4 is 0 Å². The van der Waals surface area contributed by atoms with Gasteiger partial charge in [-0.3, -0.25) is 10.2 Å². The first-order valence-corrected chi connectivity index (χ1v) is 4.59. The van der Waals surface area contributed by atoms with Crippen molar-refractivity contribution in [1.82, 2.24) is 10.2 Å². The Balaban J connectivity index is 1.95. The van der Waals surface area contributed by atoms with Crippen LogP contribution in [0.1, 0.15) is 12.8 Å². The maximum absolute atomic E-state index is 9.39. The van der Waals surface area contributed by atoms with Crippen molar-refractivity contribution in [1.29, 1.82) is 0 Å². The Morgan fingerprint density at radius 3 is 3.00 bits per heavy atom. The fourth-order valence-electron chi connectivity index (χ4n) is 2.11. The molecule has 0 aromatic carbocycles. The summed E-state index contributed by atoms with van der Waals surface area (Å²) in [4.78, 5) is 2.26. The maximum atomic E-state index is 9.39. The predicted octanol–water partition coefficient (Wildman–Crippen LogP) is -1.27. The number of nitrogens with one attached hydrogen (secondary N) is 1. The molecule has 0 aromatic rings. The van der Waals surface area contributed by atoms with E-state index in [1.807, 2.05) is 0 Å². The molecule has 12 heavy (non-hydrogen) atoms. The Morgan fingerprint density at radius 2 is 2.17 bits per heavy atom. The van der Waals surface area contributed by atoms with Crippen LogP contribution in [0.4, 0.5) is 0 Å². The second kappa shape index (κ2) is 3.30. The molecule has 0 radical (unpaired) electrons. The van der Waals surface area contributed by atoms with Crippen molar-refractivity contribution in [3.05, 3.63) is 0 Å². The van der Waals surface area contributed by atoms with Gasteiger partial charge in [0.15, 0.2) is 0 Å². The highest BCUT2D eigenvalue weighted by atomic mass is 16.3. The Bertz CT molecular complexity index is 149. The minimum atomic E-state index is -0.354. The van der Waals surface area contributed by atoms with Crippen molar-refractivity contribution in [2.45, 2.75) is 31.2 Å². The van der Waals surface area contributed by atoms with Gasteiger partial charge in [0.25, 0.3) is 0 Å². The summed E-state index contributed by atoms with van der Waals surface area (Å²) in [5.41, 5.74) is 0. The van der Waals surface area contributed by atoms with E-state index in [0.717, 1.165) is 32.5 Å². The normalized spacial score (nSPS) is 44.0. The molecule has 2 aliphatic heterocycles. The lowest BCUT2D eigenvalue weighted by Crippen LogP contribution is -2.35. The number of aliphatic hydroxyl groups excluding tert-OH is 2. The SMILES string of the molecule is OC1CC2CNC(O)CCN2C1. The molecule has 0 saturated carbocycles. The molecule has 2 aliphatic rings. The summed E-state index contributed by atoms with van der Waals surface area (Å²) in [6.45, 7) is 2.48. The highest BCUT2D eigenvalue weighted by Crippen LogP contribution is 2.19. The Morgan fingerprint density at radius 1 is 1.33 bits per heavy atom. The van der Waals surface area contributed by atoms with E-state index in [-0.39, 0.29) is 12.3 Å². The van der Waals surface area contributed by atoms with Gasteiger partial charge in [0.2, 0.25) is 0 Å². The summed E-state index contributed by atoms with van der Waals surface area (Å²) in [6.07, 6.45) is 1.10. The molecule has 3 N–H and O–H groups in total. The van der Waals surface area contributed by atoms with Crippen LogP contribution in [0, 0.1) is 0 Å². The molecule has 3 atom stereocenters. The lowest BCUT2D eigenvalue weighted by atomic mass is 10.2. The van der Waals surface area contributed by atoms with Crippen LogP contribution in [0.2, 0.25) is 0 Å². The molecule has 2 fully saturated rings. The van der Waals surface area contributed by atoms with E-state index in [4.69, 9.17) is 0 Å². The Hall–Kier alpha value is -0.160. The summed E-state index contributed by atoms with van der Waals surface area (Å²) < 4.78 is 0. The minimum Gasteiger partial charge on any atom is -0.392 e. The van der Waals surface area contributed by atoms with Crippen LogP contribution in [0.3, 0.4) is 0 Å². The Labute approximate surface area is 72.2 Å². The van der Waals surface area contributed by atoms with Gasteiger partial charge in [-0.2, -0.15) is 0 Å². The van der Waals surface area contributed by atoms with Crippen molar-refractivity contribution in [2.24, 2.45) is 0 Å². The molecule has 2 rings (SSSR count). The van der Waals surface area contributed by atoms with E-state index in [1.165, 1.54) is 0 Å². The number of hydrogen-bond acceptors (Lipinski definition) is 4. The molecule has 4 nitrogen and oxygen atoms in total. The Kier molecular flexibility index (Phi) is 2.32. The second-order valence-corrected chi connectivity index (χ2v) is 3.75. The summed E-state index contributed by atoms with van der Waals surface area (Å²) in [7, 11) is 0. The van der Waals surface area contributed by atoms with Gasteiger partial charge in [-0.25, -0.2) is 0 Å². The first kappa shape index (κ1) is 8.44. The van der Waals surface area contributed by atoms with Gasteiger partial charge in [-0.1, -0.05) is 0 Å². The van der Waals surface area contributed by atoms with Crippen LogP contribution in [0.5, 0.6) is 0 Å². The zero-order valence-corrected chi connectivity index (χ0v) is 7.11. The second-order valence-electron chi connectivity index (χ2n) is 3.75. The first-order chi connectivity index (χ1) is 5.75. The number of nitrogens with zero attached hydrogens (tertiary/aromatic N) is 1. The van der Waals surface area contributed by atoms with Crippen LogP contribution < -0.4 is 5.32 Å². The van der Waals surface area contributed by atoms with Gasteiger partial charge in [0, 0.05) is 25.7 Å². The fourth-order valence-corrected chi connectivity index (χ4v) is 2.11. The van der Waals surface area contributed by atoms with Gasteiger partial charge in [-0.15, -0.1) is 0 Å². The molecule has 0 spiro atoms. The zero-order chi connectivity index (χ0) is 8.55. The maximum Gasteiger partial charge on any atom is 0.106 e. The van der Waals surface area contributed by atoms with Crippen LogP contribution in [-0.4, -0.2) is 53.1 Å². The molecule has 0 aliphatic carbocycles. The van der Waals surface area contributed by atoms with Crippen LogP contribution in [0.25, 0.3) is 0 Å². The zero-order valence-electron chi connectivity index (χ0n) is 7.11. The lowest BCUT2D eigenvalue weighted by Gasteiger charge is -2.19. The molecule has 0 bridgehead atoms. The third-order valence-corrected chi connectivity index (χ3v) is 2.78. The minimum absolute atomic E-state index is 0.160. The van der Waals surface area contributed by atoms with Crippen LogP contribution >= 0.6 is 0 Å². The van der Waals surface area contributed by atoms with Crippen LogP contribution in [0.15, 0.2) is 0 Å². The average molecular weight is 172 g/mol. The van der Waals surface area contributed by atoms with E-state index in [0.29, 0.717) is 6.04 Å². The summed E-state index contributed by atoms with van der Waals surface area (Å²) >= 11 is 0. The van der Waals surface area contributed by atoms with Gasteiger partial charge in [-0.05, 0) is 12.8 Å². The molecule has 3 unspecified atom stereocenters. The van der Waals surface area contributed by atoms with E-state index in [1.54, 1.807) is 0 Å². The van der Waals surface area contributed by atoms with Gasteiger partial charge in [0.1, 0.15) is 6.23 Å². The van der Waals surface area contributed by atoms with Crippen molar-refractivity contribution in [2.75, 3.05) is 19.6 Å². The third-order valence-electron chi connectivity index (χ3n) is 2.78. The van der Waals surface area contributed by atoms with Gasteiger partial charge in [0.05, 0.1) is 6.10 Å². The van der Waals surface area contributed by atoms with Crippen molar-refractivity contribution in [3.63, 3.8) is 0 Å². The quantitative estimate of drug-likeness (QED) is 0.426. The molecular weight excluding hydrogens is 156 g/mol. The number of hydrogen-bond donors (Lipinski definition) is 3. The molecule has 2 saturated heterocycles. The largest absolute Gasteiger partial charge is 0.392 e. The van der Waals surface area contributed by atoms with Gasteiger partial charge >= 0.3 is 0 Å². The van der Waals surface area contributed by atoms with E-state index >= 15 is 0 Å². The van der Waals surface area contributed by atoms with Crippen molar-refractivity contribution < 1.29 is 10.2 Å². The number of rotatable bonds is 0. The van der Waals surface area contributed by atoms with Crippen molar-refractivity contribution in [3.8, 4) is 0 Å². The summed E-state index contributed by atoms with van der Waals surface area (Å²) in [6, 6.07) is 0.428. The first-order valence-electron chi connectivity index (χ1n) is 4.59. The highest BCUT2D eigenvalue weighted by molar-refractivity contribution is 4.88. The van der Waals surface area contributed by atoms with Gasteiger partial charge < -0.3 is 10.2 Å². The summed E-state index contributed by atoms with van der Waals surface area (Å²) in [5, 5.41) is 21.7. The third kappa shape index (κ3) is 1.61. The number of aliphatic hydroxyl groups is 2. The molecule has 0 aromatic heterocycles. The van der Waals surface area contributed by atoms with Crippen LogP contribution in [-0.2, 0) is 0 Å². The lowest BCUT2D eigenvalue weighted by molar-refractivity contribution is 0.126. The topological polar surface area (TPSA) is 55.7 Å². The average Bonchev–Trinajstić information content (AvgIpc) is 2.31.